The molecule has 0 bridgehead atoms. The van der Waals surface area contributed by atoms with Crippen LogP contribution in [-0.2, 0) is 0 Å². The summed E-state index contributed by atoms with van der Waals surface area (Å²) in [6.45, 7) is 0. The third-order valence-corrected chi connectivity index (χ3v) is 2.80. The molecule has 68 valence electrons. The van der Waals surface area contributed by atoms with Crippen molar-refractivity contribution in [3.63, 3.8) is 0 Å². The minimum atomic E-state index is 1.07. The van der Waals surface area contributed by atoms with Crippen LogP contribution in [0.15, 0.2) is 29.0 Å². The Morgan fingerprint density at radius 1 is 1.23 bits per heavy atom. The monoisotopic (exact) mass is 237 g/mol. The van der Waals surface area contributed by atoms with Crippen molar-refractivity contribution in [3.05, 3.63) is 34.6 Å². The van der Waals surface area contributed by atoms with Crippen molar-refractivity contribution in [1.29, 1.82) is 0 Å². The quantitative estimate of drug-likeness (QED) is 0.725. The Labute approximate surface area is 87.0 Å². The van der Waals surface area contributed by atoms with Gasteiger partial charge in [0, 0.05) is 16.9 Å². The van der Waals surface area contributed by atoms with E-state index in [9.17, 15) is 0 Å². The maximum Gasteiger partial charge on any atom is 0.0410 e. The molecule has 13 heavy (non-hydrogen) atoms. The van der Waals surface area contributed by atoms with Gasteiger partial charge in [0.2, 0.25) is 0 Å². The second kappa shape index (κ2) is 4.05. The van der Waals surface area contributed by atoms with Gasteiger partial charge in [-0.15, -0.1) is 0 Å². The van der Waals surface area contributed by atoms with E-state index in [4.69, 9.17) is 0 Å². The number of pyridine rings is 1. The highest BCUT2D eigenvalue weighted by molar-refractivity contribution is 9.10. The highest BCUT2D eigenvalue weighted by atomic mass is 79.9. The number of hydrogen-bond donors (Lipinski definition) is 0. The number of allylic oxidation sites excluding steroid dienone is 2. The lowest BCUT2D eigenvalue weighted by molar-refractivity contribution is 0.741. The summed E-state index contributed by atoms with van der Waals surface area (Å²) in [6.07, 6.45) is 11.2. The largest absolute Gasteiger partial charge is 0.263 e. The number of halogens is 1. The van der Waals surface area contributed by atoms with Gasteiger partial charge in [0.1, 0.15) is 0 Å². The molecule has 1 aliphatic carbocycles. The van der Waals surface area contributed by atoms with E-state index < -0.39 is 0 Å². The van der Waals surface area contributed by atoms with E-state index in [1.807, 2.05) is 12.4 Å². The van der Waals surface area contributed by atoms with Gasteiger partial charge in [-0.2, -0.15) is 0 Å². The smallest absolute Gasteiger partial charge is 0.0410 e. The normalized spacial score (nSPS) is 16.8. The molecule has 1 nitrogen and oxygen atoms in total. The minimum Gasteiger partial charge on any atom is -0.263 e. The lowest BCUT2D eigenvalue weighted by atomic mass is 9.95. The van der Waals surface area contributed by atoms with E-state index >= 15 is 0 Å². The fourth-order valence-electron chi connectivity index (χ4n) is 1.69. The molecule has 1 heterocycles. The molecule has 0 fully saturated rings. The first-order valence-electron chi connectivity index (χ1n) is 4.66. The summed E-state index contributed by atoms with van der Waals surface area (Å²) in [7, 11) is 0. The van der Waals surface area contributed by atoms with Gasteiger partial charge >= 0.3 is 0 Å². The highest BCUT2D eigenvalue weighted by Crippen LogP contribution is 2.27. The molecule has 2 rings (SSSR count). The third-order valence-electron chi connectivity index (χ3n) is 2.37. The Hall–Kier alpha value is -0.630. The molecule has 0 atom stereocenters. The lowest BCUT2D eigenvalue weighted by Gasteiger charge is -2.12. The molecule has 0 radical (unpaired) electrons. The second-order valence-electron chi connectivity index (χ2n) is 3.37. The summed E-state index contributed by atoms with van der Waals surface area (Å²) < 4.78 is 1.07. The summed E-state index contributed by atoms with van der Waals surface area (Å²) >= 11 is 3.44. The Bertz CT molecular complexity index is 331. The van der Waals surface area contributed by atoms with E-state index in [0.29, 0.717) is 0 Å². The van der Waals surface area contributed by atoms with Crippen LogP contribution < -0.4 is 0 Å². The SMILES string of the molecule is Brc1cncc(C2=CCCCC2)c1. The van der Waals surface area contributed by atoms with E-state index in [1.165, 1.54) is 36.8 Å². The Kier molecular flexibility index (Phi) is 2.79. The summed E-state index contributed by atoms with van der Waals surface area (Å²) in [5.74, 6) is 0. The van der Waals surface area contributed by atoms with Gasteiger partial charge in [-0.25, -0.2) is 0 Å². The molecule has 0 saturated carbocycles. The van der Waals surface area contributed by atoms with Crippen molar-refractivity contribution in [2.24, 2.45) is 0 Å². The Balaban J connectivity index is 2.29. The highest BCUT2D eigenvalue weighted by Gasteiger charge is 2.06. The number of hydrogen-bond acceptors (Lipinski definition) is 1. The number of nitrogens with zero attached hydrogens (tertiary/aromatic N) is 1. The molecule has 1 aliphatic rings. The van der Waals surface area contributed by atoms with Crippen molar-refractivity contribution in [2.75, 3.05) is 0 Å². The van der Waals surface area contributed by atoms with Crippen LogP contribution in [0.1, 0.15) is 31.2 Å². The zero-order valence-electron chi connectivity index (χ0n) is 7.46. The van der Waals surface area contributed by atoms with Crippen molar-refractivity contribution in [3.8, 4) is 0 Å². The van der Waals surface area contributed by atoms with Crippen molar-refractivity contribution >= 4 is 21.5 Å². The van der Waals surface area contributed by atoms with Crippen LogP contribution in [0.2, 0.25) is 0 Å². The topological polar surface area (TPSA) is 12.9 Å². The first-order valence-corrected chi connectivity index (χ1v) is 5.45. The molecule has 0 saturated heterocycles. The number of aromatic nitrogens is 1. The van der Waals surface area contributed by atoms with Gasteiger partial charge in [-0.1, -0.05) is 6.08 Å². The van der Waals surface area contributed by atoms with Gasteiger partial charge in [0.05, 0.1) is 0 Å². The van der Waals surface area contributed by atoms with Crippen molar-refractivity contribution in [2.45, 2.75) is 25.7 Å². The average Bonchev–Trinajstić information content (AvgIpc) is 2.19. The van der Waals surface area contributed by atoms with E-state index in [2.05, 4.69) is 33.1 Å². The fourth-order valence-corrected chi connectivity index (χ4v) is 2.05. The molecule has 0 amide bonds. The van der Waals surface area contributed by atoms with Gasteiger partial charge in [0.15, 0.2) is 0 Å². The first-order chi connectivity index (χ1) is 6.36. The minimum absolute atomic E-state index is 1.07. The molecule has 1 aromatic rings. The van der Waals surface area contributed by atoms with Crippen LogP contribution in [0.5, 0.6) is 0 Å². The molecular weight excluding hydrogens is 226 g/mol. The molecule has 0 spiro atoms. The van der Waals surface area contributed by atoms with Crippen LogP contribution in [0, 0.1) is 0 Å². The van der Waals surface area contributed by atoms with Crippen LogP contribution in [0.4, 0.5) is 0 Å². The van der Waals surface area contributed by atoms with Crippen molar-refractivity contribution < 1.29 is 0 Å². The van der Waals surface area contributed by atoms with Crippen LogP contribution in [-0.4, -0.2) is 4.98 Å². The molecule has 1 aromatic heterocycles. The predicted octanol–water partition coefficient (Wildman–Crippen LogP) is 3.80. The molecule has 2 heteroatoms. The van der Waals surface area contributed by atoms with E-state index in [-0.39, 0.29) is 0 Å². The van der Waals surface area contributed by atoms with Gasteiger partial charge in [-0.05, 0) is 58.8 Å². The van der Waals surface area contributed by atoms with Crippen LogP contribution >= 0.6 is 15.9 Å². The third kappa shape index (κ3) is 2.19. The summed E-state index contributed by atoms with van der Waals surface area (Å²) in [5.41, 5.74) is 2.73. The van der Waals surface area contributed by atoms with E-state index in [1.54, 1.807) is 0 Å². The Morgan fingerprint density at radius 2 is 2.15 bits per heavy atom. The summed E-state index contributed by atoms with van der Waals surface area (Å²) in [6, 6.07) is 2.14. The van der Waals surface area contributed by atoms with Gasteiger partial charge in [0.25, 0.3) is 0 Å². The molecule has 0 unspecified atom stereocenters. The lowest BCUT2D eigenvalue weighted by Crippen LogP contribution is -1.92. The fraction of sp³-hybridized carbons (Fsp3) is 0.364. The van der Waals surface area contributed by atoms with Gasteiger partial charge < -0.3 is 0 Å². The van der Waals surface area contributed by atoms with Crippen LogP contribution in [0.3, 0.4) is 0 Å². The second-order valence-corrected chi connectivity index (χ2v) is 4.28. The first kappa shape index (κ1) is 8.95. The summed E-state index contributed by atoms with van der Waals surface area (Å²) in [5, 5.41) is 0. The molecular formula is C11H12BrN. The standard InChI is InChI=1S/C11H12BrN/c12-11-6-10(7-13-8-11)9-4-2-1-3-5-9/h4,6-8H,1-3,5H2. The van der Waals surface area contributed by atoms with Crippen LogP contribution in [0.25, 0.3) is 5.57 Å². The maximum atomic E-state index is 4.17. The maximum absolute atomic E-state index is 4.17. The van der Waals surface area contributed by atoms with Gasteiger partial charge in [-0.3, -0.25) is 4.98 Å². The zero-order chi connectivity index (χ0) is 9.10. The zero-order valence-corrected chi connectivity index (χ0v) is 9.05. The average molecular weight is 238 g/mol. The van der Waals surface area contributed by atoms with E-state index in [0.717, 1.165) is 4.47 Å². The Morgan fingerprint density at radius 3 is 2.85 bits per heavy atom. The molecule has 0 aromatic carbocycles. The number of rotatable bonds is 1. The summed E-state index contributed by atoms with van der Waals surface area (Å²) in [4.78, 5) is 4.17. The van der Waals surface area contributed by atoms with Crippen molar-refractivity contribution in [1.82, 2.24) is 4.98 Å². The predicted molar refractivity (Wildman–Crippen MR) is 58.4 cm³/mol. The molecule has 0 N–H and O–H groups in total. The molecule has 0 aliphatic heterocycles.